The van der Waals surface area contributed by atoms with Crippen molar-refractivity contribution in [2.24, 2.45) is 7.05 Å². The fourth-order valence-electron chi connectivity index (χ4n) is 2.18. The van der Waals surface area contributed by atoms with Crippen molar-refractivity contribution in [3.63, 3.8) is 0 Å². The summed E-state index contributed by atoms with van der Waals surface area (Å²) in [5, 5.41) is 5.83. The average Bonchev–Trinajstić information content (AvgIpc) is 2.83. The summed E-state index contributed by atoms with van der Waals surface area (Å²) < 4.78 is 39.2. The first-order chi connectivity index (χ1) is 11.6. The second kappa shape index (κ2) is 6.99. The first kappa shape index (κ1) is 18.6. The number of carbonyl (C=O) groups is 1. The Kier molecular flexibility index (Phi) is 5.19. The molecule has 0 radical (unpaired) electrons. The molecule has 1 heterocycles. The molecule has 0 atom stereocenters. The minimum Gasteiger partial charge on any atom is -0.378 e. The molecule has 0 fully saturated rings. The predicted molar refractivity (Wildman–Crippen MR) is 85.6 cm³/mol. The summed E-state index contributed by atoms with van der Waals surface area (Å²) in [5.41, 5.74) is 0.357. The van der Waals surface area contributed by atoms with E-state index < -0.39 is 17.7 Å². The lowest BCUT2D eigenvalue weighted by Gasteiger charge is -2.13. The second-order valence-corrected chi connectivity index (χ2v) is 5.59. The molecule has 2 aromatic rings. The van der Waals surface area contributed by atoms with E-state index in [1.165, 1.54) is 0 Å². The third kappa shape index (κ3) is 4.20. The van der Waals surface area contributed by atoms with Crippen molar-refractivity contribution in [3.8, 4) is 0 Å². The van der Waals surface area contributed by atoms with Crippen LogP contribution in [0.3, 0.4) is 0 Å². The van der Waals surface area contributed by atoms with Crippen molar-refractivity contribution in [2.45, 2.75) is 12.7 Å². The second-order valence-electron chi connectivity index (χ2n) is 5.59. The summed E-state index contributed by atoms with van der Waals surface area (Å²) in [5.74, 6) is -1.66. The van der Waals surface area contributed by atoms with E-state index in [9.17, 15) is 22.8 Å². The summed E-state index contributed by atoms with van der Waals surface area (Å²) in [4.78, 5) is 25.7. The highest BCUT2D eigenvalue weighted by molar-refractivity contribution is 5.95. The summed E-state index contributed by atoms with van der Waals surface area (Å²) >= 11 is 0. The number of halogens is 3. The van der Waals surface area contributed by atoms with Gasteiger partial charge in [-0.2, -0.15) is 13.2 Å². The fourth-order valence-corrected chi connectivity index (χ4v) is 2.18. The maximum atomic E-state index is 12.7. The van der Waals surface area contributed by atoms with Crippen molar-refractivity contribution in [1.29, 1.82) is 0 Å². The van der Waals surface area contributed by atoms with Crippen LogP contribution in [0.25, 0.3) is 0 Å². The lowest BCUT2D eigenvalue weighted by molar-refractivity contribution is -0.147. The normalized spacial score (nSPS) is 11.4. The molecular formula is C15H18F3N5O2. The number of rotatable bonds is 5. The minimum absolute atomic E-state index is 0.0285. The van der Waals surface area contributed by atoms with E-state index in [1.54, 1.807) is 18.2 Å². The Hall–Kier alpha value is -2.78. The zero-order valence-electron chi connectivity index (χ0n) is 14.0. The molecule has 0 aliphatic carbocycles. The van der Waals surface area contributed by atoms with E-state index >= 15 is 0 Å². The average molecular weight is 357 g/mol. The van der Waals surface area contributed by atoms with Gasteiger partial charge in [-0.15, -0.1) is 5.10 Å². The Balaban J connectivity index is 2.03. The summed E-state index contributed by atoms with van der Waals surface area (Å²) in [6.45, 7) is -0.193. The smallest absolute Gasteiger partial charge is 0.378 e. The number of benzene rings is 1. The Morgan fingerprint density at radius 1 is 1.32 bits per heavy atom. The molecule has 25 heavy (non-hydrogen) atoms. The SMILES string of the molecule is CN(C)c1cccc(C(=O)NCCn2nc(C(F)(F)F)n(C)c2=O)c1. The Morgan fingerprint density at radius 2 is 2.00 bits per heavy atom. The lowest BCUT2D eigenvalue weighted by Crippen LogP contribution is -2.31. The number of nitrogens with one attached hydrogen (secondary N) is 1. The van der Waals surface area contributed by atoms with Crippen molar-refractivity contribution in [3.05, 3.63) is 46.1 Å². The van der Waals surface area contributed by atoms with Crippen LogP contribution in [0.15, 0.2) is 29.1 Å². The van der Waals surface area contributed by atoms with Crippen LogP contribution < -0.4 is 15.9 Å². The molecule has 0 bridgehead atoms. The van der Waals surface area contributed by atoms with Gasteiger partial charge >= 0.3 is 11.9 Å². The Morgan fingerprint density at radius 3 is 2.56 bits per heavy atom. The number of amides is 1. The Bertz CT molecular complexity index is 823. The van der Waals surface area contributed by atoms with Crippen LogP contribution in [0, 0.1) is 0 Å². The third-order valence-corrected chi connectivity index (χ3v) is 3.53. The third-order valence-electron chi connectivity index (χ3n) is 3.53. The molecule has 10 heteroatoms. The van der Waals surface area contributed by atoms with Gasteiger partial charge in [0.1, 0.15) is 0 Å². The van der Waals surface area contributed by atoms with Gasteiger partial charge in [0.25, 0.3) is 5.91 Å². The summed E-state index contributed by atoms with van der Waals surface area (Å²) in [6, 6.07) is 6.87. The van der Waals surface area contributed by atoms with Crippen molar-refractivity contribution < 1.29 is 18.0 Å². The van der Waals surface area contributed by atoms with Crippen LogP contribution in [0.5, 0.6) is 0 Å². The molecule has 0 unspecified atom stereocenters. The van der Waals surface area contributed by atoms with Gasteiger partial charge in [0.15, 0.2) is 0 Å². The highest BCUT2D eigenvalue weighted by Gasteiger charge is 2.37. The van der Waals surface area contributed by atoms with Gasteiger partial charge in [0.05, 0.1) is 6.54 Å². The number of carbonyl (C=O) groups excluding carboxylic acids is 1. The van der Waals surface area contributed by atoms with E-state index in [-0.39, 0.29) is 19.0 Å². The topological polar surface area (TPSA) is 72.2 Å². The van der Waals surface area contributed by atoms with E-state index in [0.29, 0.717) is 14.8 Å². The molecule has 1 aromatic carbocycles. The molecule has 1 aromatic heterocycles. The molecule has 1 amide bonds. The van der Waals surface area contributed by atoms with Gasteiger partial charge in [-0.05, 0) is 18.2 Å². The van der Waals surface area contributed by atoms with Gasteiger partial charge in [0.2, 0.25) is 5.82 Å². The van der Waals surface area contributed by atoms with Crippen LogP contribution in [-0.2, 0) is 19.8 Å². The van der Waals surface area contributed by atoms with Crippen LogP contribution >= 0.6 is 0 Å². The maximum Gasteiger partial charge on any atom is 0.451 e. The first-order valence-corrected chi connectivity index (χ1v) is 7.38. The molecule has 0 spiro atoms. The Labute approximate surface area is 141 Å². The number of nitrogens with zero attached hydrogens (tertiary/aromatic N) is 4. The van der Waals surface area contributed by atoms with Gasteiger partial charge < -0.3 is 10.2 Å². The molecule has 0 aliphatic rings. The largest absolute Gasteiger partial charge is 0.451 e. The van der Waals surface area contributed by atoms with Gasteiger partial charge in [-0.3, -0.25) is 9.36 Å². The minimum atomic E-state index is -4.71. The van der Waals surface area contributed by atoms with E-state index in [1.807, 2.05) is 25.1 Å². The highest BCUT2D eigenvalue weighted by atomic mass is 19.4. The zero-order chi connectivity index (χ0) is 18.8. The van der Waals surface area contributed by atoms with Crippen LogP contribution in [-0.4, -0.2) is 40.9 Å². The van der Waals surface area contributed by atoms with E-state index in [0.717, 1.165) is 12.7 Å². The molecule has 0 saturated carbocycles. The highest BCUT2D eigenvalue weighted by Crippen LogP contribution is 2.25. The van der Waals surface area contributed by atoms with E-state index in [4.69, 9.17) is 0 Å². The standard InChI is InChI=1S/C15H18F3N5O2/c1-21(2)11-6-4-5-10(9-11)12(24)19-7-8-23-14(25)22(3)13(20-23)15(16,17)18/h4-6,9H,7-8H2,1-3H3,(H,19,24). The maximum absolute atomic E-state index is 12.7. The lowest BCUT2D eigenvalue weighted by atomic mass is 10.2. The van der Waals surface area contributed by atoms with Crippen LogP contribution in [0.1, 0.15) is 16.2 Å². The molecule has 1 N–H and O–H groups in total. The van der Waals surface area contributed by atoms with Gasteiger partial charge in [-0.1, -0.05) is 6.07 Å². The molecule has 136 valence electrons. The van der Waals surface area contributed by atoms with Crippen LogP contribution in [0.2, 0.25) is 0 Å². The molecule has 0 saturated heterocycles. The fraction of sp³-hybridized carbons (Fsp3) is 0.400. The molecule has 0 aliphatic heterocycles. The number of anilines is 1. The van der Waals surface area contributed by atoms with Gasteiger partial charge in [0, 0.05) is 38.9 Å². The number of hydrogen-bond acceptors (Lipinski definition) is 4. The number of hydrogen-bond donors (Lipinski definition) is 1. The van der Waals surface area contributed by atoms with Crippen molar-refractivity contribution in [2.75, 3.05) is 25.5 Å². The van der Waals surface area contributed by atoms with Gasteiger partial charge in [-0.25, -0.2) is 9.48 Å². The van der Waals surface area contributed by atoms with Crippen molar-refractivity contribution >= 4 is 11.6 Å². The quantitative estimate of drug-likeness (QED) is 0.870. The first-order valence-electron chi connectivity index (χ1n) is 7.38. The summed E-state index contributed by atoms with van der Waals surface area (Å²) in [7, 11) is 4.67. The zero-order valence-corrected chi connectivity index (χ0v) is 14.0. The molecular weight excluding hydrogens is 339 g/mol. The van der Waals surface area contributed by atoms with Crippen molar-refractivity contribution in [1.82, 2.24) is 19.7 Å². The molecule has 7 nitrogen and oxygen atoms in total. The monoisotopic (exact) mass is 357 g/mol. The van der Waals surface area contributed by atoms with Crippen LogP contribution in [0.4, 0.5) is 18.9 Å². The summed E-state index contributed by atoms with van der Waals surface area (Å²) in [6.07, 6.45) is -4.71. The molecule has 2 rings (SSSR count). The predicted octanol–water partition coefficient (Wildman–Crippen LogP) is 1.10. The van der Waals surface area contributed by atoms with E-state index in [2.05, 4.69) is 10.4 Å². The number of alkyl halides is 3. The number of aromatic nitrogens is 3.